The predicted molar refractivity (Wildman–Crippen MR) is 53.1 cm³/mol. The Kier molecular flexibility index (Phi) is 2.49. The van der Waals surface area contributed by atoms with Crippen LogP contribution >= 0.6 is 0 Å². The van der Waals surface area contributed by atoms with Gasteiger partial charge in [-0.15, -0.1) is 0 Å². The third kappa shape index (κ3) is 1.35. The maximum atomic E-state index is 11.1. The Labute approximate surface area is 110 Å². The Morgan fingerprint density at radius 1 is 1.25 bits per heavy atom. The number of aliphatic hydroxyl groups is 3. The normalized spacial score (nSPS) is 48.5. The monoisotopic (exact) mass is 290 g/mol. The number of hydrogen-bond acceptors (Lipinski definition) is 9. The van der Waals surface area contributed by atoms with Crippen molar-refractivity contribution in [2.45, 2.75) is 36.1 Å². The number of hydrogen-bond donors (Lipinski definition) is 4. The van der Waals surface area contributed by atoms with E-state index in [1.807, 2.05) is 0 Å². The van der Waals surface area contributed by atoms with Crippen LogP contribution in [0.5, 0.6) is 0 Å². The molecule has 0 aromatic carbocycles. The second-order valence-corrected chi connectivity index (χ2v) is 4.89. The molecule has 3 fully saturated rings. The van der Waals surface area contributed by atoms with Crippen LogP contribution in [0, 0.1) is 5.92 Å². The summed E-state index contributed by atoms with van der Waals surface area (Å²) in [6.45, 7) is 0. The molecule has 20 heavy (non-hydrogen) atoms. The van der Waals surface area contributed by atoms with E-state index in [1.54, 1.807) is 0 Å². The second-order valence-electron chi connectivity index (χ2n) is 4.89. The number of aliphatic carboxylic acids is 1. The summed E-state index contributed by atoms with van der Waals surface area (Å²) in [7, 11) is 0. The maximum absolute atomic E-state index is 11.1. The van der Waals surface area contributed by atoms with Crippen molar-refractivity contribution in [2.75, 3.05) is 0 Å². The van der Waals surface area contributed by atoms with E-state index < -0.39 is 60.1 Å². The summed E-state index contributed by atoms with van der Waals surface area (Å²) in [5, 5.41) is 38.4. The molecule has 10 heteroatoms. The molecule has 0 radical (unpaired) electrons. The minimum absolute atomic E-state index is 1.14. The number of fused-ring (bicyclic) bond motifs is 5. The highest BCUT2D eigenvalue weighted by atomic mass is 16.8. The van der Waals surface area contributed by atoms with Gasteiger partial charge in [0.15, 0.2) is 6.10 Å². The lowest BCUT2D eigenvalue weighted by Crippen LogP contribution is -2.73. The summed E-state index contributed by atoms with van der Waals surface area (Å²) < 4.78 is 13.8. The molecule has 3 aliphatic rings. The van der Waals surface area contributed by atoms with Gasteiger partial charge in [-0.2, -0.15) is 0 Å². The smallest absolute Gasteiger partial charge is 0.473 e. The molecule has 2 saturated carbocycles. The molecule has 2 bridgehead atoms. The number of ether oxygens (including phenoxy) is 3. The summed E-state index contributed by atoms with van der Waals surface area (Å²) in [4.78, 5) is 32.6. The average Bonchev–Trinajstić information content (AvgIpc) is 2.50. The van der Waals surface area contributed by atoms with Crippen molar-refractivity contribution in [3.8, 4) is 0 Å². The Bertz CT molecular complexity index is 502. The van der Waals surface area contributed by atoms with Crippen LogP contribution in [0.4, 0.5) is 4.79 Å². The number of rotatable bonds is 1. The minimum atomic E-state index is -2.04. The van der Waals surface area contributed by atoms with Gasteiger partial charge in [0.2, 0.25) is 0 Å². The van der Waals surface area contributed by atoms with E-state index in [0.29, 0.717) is 0 Å². The molecule has 4 N–H and O–H groups in total. The molecule has 0 aromatic heterocycles. The minimum Gasteiger partial charge on any atom is -0.473 e. The number of carboxylic acid groups (broad SMARTS) is 1. The molecule has 10 nitrogen and oxygen atoms in total. The van der Waals surface area contributed by atoms with Crippen molar-refractivity contribution < 1.29 is 49.0 Å². The van der Waals surface area contributed by atoms with Crippen molar-refractivity contribution >= 4 is 18.1 Å². The van der Waals surface area contributed by atoms with Crippen LogP contribution < -0.4 is 0 Å². The quantitative estimate of drug-likeness (QED) is 0.289. The second kappa shape index (κ2) is 3.81. The zero-order valence-electron chi connectivity index (χ0n) is 9.70. The van der Waals surface area contributed by atoms with Crippen LogP contribution in [0.1, 0.15) is 0 Å². The van der Waals surface area contributed by atoms with E-state index in [9.17, 15) is 29.7 Å². The van der Waals surface area contributed by atoms with Gasteiger partial charge in [0.1, 0.15) is 30.0 Å². The van der Waals surface area contributed by atoms with Gasteiger partial charge >= 0.3 is 18.1 Å². The van der Waals surface area contributed by atoms with E-state index >= 15 is 0 Å². The molecule has 1 heterocycles. The molecule has 0 amide bonds. The Morgan fingerprint density at radius 3 is 2.50 bits per heavy atom. The SMILES string of the molecule is O=C1OC2C(O)C(O1)C1(O)C(O)C(OC(=O)C(=O)O)C21. The first-order valence-corrected chi connectivity index (χ1v) is 5.68. The highest BCUT2D eigenvalue weighted by Gasteiger charge is 2.80. The molecular formula is C10H10O10. The molecule has 1 saturated heterocycles. The standard InChI is InChI=1S/C10H10O10/c11-2-3-1-4(18-8(15)7(13)14)5(12)10(1,17)6(2)20-9(16)19-3/h1-6,11-12,17H,(H,13,14). The van der Waals surface area contributed by atoms with E-state index in [1.165, 1.54) is 0 Å². The first-order valence-electron chi connectivity index (χ1n) is 5.68. The molecular weight excluding hydrogens is 280 g/mol. The lowest BCUT2D eigenvalue weighted by Gasteiger charge is -2.51. The number of aliphatic hydroxyl groups excluding tert-OH is 2. The number of carbonyl (C=O) groups is 3. The molecule has 0 spiro atoms. The van der Waals surface area contributed by atoms with Gasteiger partial charge in [-0.3, -0.25) is 0 Å². The zero-order valence-corrected chi connectivity index (χ0v) is 9.70. The number of carbonyl (C=O) groups excluding carboxylic acids is 2. The van der Waals surface area contributed by atoms with Crippen LogP contribution in [-0.4, -0.2) is 74.6 Å². The summed E-state index contributed by atoms with van der Waals surface area (Å²) in [5.41, 5.74) is -2.04. The van der Waals surface area contributed by atoms with Gasteiger partial charge in [0.05, 0.1) is 5.92 Å². The molecule has 0 aromatic rings. The number of carboxylic acids is 1. The van der Waals surface area contributed by atoms with Crippen LogP contribution in [0.15, 0.2) is 0 Å². The van der Waals surface area contributed by atoms with E-state index in [4.69, 9.17) is 5.11 Å². The first kappa shape index (κ1) is 13.1. The lowest BCUT2D eigenvalue weighted by atomic mass is 9.65. The first-order chi connectivity index (χ1) is 9.28. The fraction of sp³-hybridized carbons (Fsp3) is 0.700. The van der Waals surface area contributed by atoms with Gasteiger partial charge in [-0.05, 0) is 0 Å². The van der Waals surface area contributed by atoms with Crippen molar-refractivity contribution in [3.05, 3.63) is 0 Å². The predicted octanol–water partition coefficient (Wildman–Crippen LogP) is -3.02. The molecule has 1 aliphatic heterocycles. The third-order valence-corrected chi connectivity index (χ3v) is 4.00. The summed E-state index contributed by atoms with van der Waals surface area (Å²) in [6, 6.07) is 0. The van der Waals surface area contributed by atoms with Crippen molar-refractivity contribution in [1.82, 2.24) is 0 Å². The topological polar surface area (TPSA) is 160 Å². The highest BCUT2D eigenvalue weighted by molar-refractivity contribution is 6.28. The van der Waals surface area contributed by atoms with Gasteiger partial charge in [-0.25, -0.2) is 14.4 Å². The van der Waals surface area contributed by atoms with E-state index in [-0.39, 0.29) is 0 Å². The van der Waals surface area contributed by atoms with Gasteiger partial charge in [0.25, 0.3) is 0 Å². The van der Waals surface area contributed by atoms with Gasteiger partial charge in [-0.1, -0.05) is 0 Å². The highest BCUT2D eigenvalue weighted by Crippen LogP contribution is 2.56. The Hall–Kier alpha value is -1.91. The molecule has 3 rings (SSSR count). The van der Waals surface area contributed by atoms with Gasteiger partial charge < -0.3 is 34.6 Å². The molecule has 2 aliphatic carbocycles. The summed E-state index contributed by atoms with van der Waals surface area (Å²) in [6.07, 6.45) is -8.33. The summed E-state index contributed by atoms with van der Waals surface area (Å²) in [5.74, 6) is -4.66. The van der Waals surface area contributed by atoms with Crippen molar-refractivity contribution in [1.29, 1.82) is 0 Å². The van der Waals surface area contributed by atoms with Crippen LogP contribution in [0.25, 0.3) is 0 Å². The zero-order chi connectivity index (χ0) is 14.8. The molecule has 110 valence electrons. The van der Waals surface area contributed by atoms with Crippen LogP contribution in [0.2, 0.25) is 0 Å². The van der Waals surface area contributed by atoms with Gasteiger partial charge in [0, 0.05) is 0 Å². The third-order valence-electron chi connectivity index (χ3n) is 4.00. The molecule has 7 atom stereocenters. The van der Waals surface area contributed by atoms with Crippen LogP contribution in [-0.2, 0) is 23.8 Å². The lowest BCUT2D eigenvalue weighted by molar-refractivity contribution is -0.279. The fourth-order valence-corrected chi connectivity index (χ4v) is 3.13. The fourth-order valence-electron chi connectivity index (χ4n) is 3.13. The average molecular weight is 290 g/mol. The number of esters is 1. The van der Waals surface area contributed by atoms with E-state index in [2.05, 4.69) is 14.2 Å². The largest absolute Gasteiger partial charge is 0.509 e. The maximum Gasteiger partial charge on any atom is 0.509 e. The molecule has 7 unspecified atom stereocenters. The van der Waals surface area contributed by atoms with Crippen molar-refractivity contribution in [3.63, 3.8) is 0 Å². The summed E-state index contributed by atoms with van der Waals surface area (Å²) >= 11 is 0. The Morgan fingerprint density at radius 2 is 1.90 bits per heavy atom. The van der Waals surface area contributed by atoms with Crippen LogP contribution in [0.3, 0.4) is 0 Å². The Balaban J connectivity index is 1.87. The van der Waals surface area contributed by atoms with Crippen molar-refractivity contribution in [2.24, 2.45) is 5.92 Å². The van der Waals surface area contributed by atoms with E-state index in [0.717, 1.165) is 0 Å².